The van der Waals surface area contributed by atoms with Crippen molar-refractivity contribution in [2.75, 3.05) is 45.6 Å². The van der Waals surface area contributed by atoms with Gasteiger partial charge in [0, 0.05) is 10.5 Å². The molecule has 104 valence electrons. The van der Waals surface area contributed by atoms with Crippen LogP contribution >= 0.6 is 24.0 Å². The van der Waals surface area contributed by atoms with Gasteiger partial charge in [0.1, 0.15) is 11.5 Å². The normalized spacial score (nSPS) is 16.6. The zero-order chi connectivity index (χ0) is 13.7. The van der Waals surface area contributed by atoms with Gasteiger partial charge >= 0.3 is 0 Å². The molecule has 0 radical (unpaired) electrons. The lowest BCUT2D eigenvalue weighted by Crippen LogP contribution is -3.15. The summed E-state index contributed by atoms with van der Waals surface area (Å²) in [4.78, 5) is 5.98. The van der Waals surface area contributed by atoms with Gasteiger partial charge in [-0.25, -0.2) is 0 Å². The maximum atomic E-state index is 8.96. The molecular weight excluding hydrogens is 276 g/mol. The average Bonchev–Trinajstić information content (AvgIpc) is 2.48. The molecule has 2 N–H and O–H groups in total. The van der Waals surface area contributed by atoms with Gasteiger partial charge in [0.25, 0.3) is 0 Å². The molecule has 0 spiro atoms. The van der Waals surface area contributed by atoms with E-state index in [1.807, 2.05) is 0 Å². The van der Waals surface area contributed by atoms with Crippen molar-refractivity contribution in [1.29, 1.82) is 0 Å². The second-order valence-electron chi connectivity index (χ2n) is 4.74. The van der Waals surface area contributed by atoms with Gasteiger partial charge in [0.2, 0.25) is 0 Å². The Morgan fingerprint density at radius 1 is 1.32 bits per heavy atom. The zero-order valence-corrected chi connectivity index (χ0v) is 12.9. The molecule has 5 heteroatoms. The molecule has 19 heavy (non-hydrogen) atoms. The summed E-state index contributed by atoms with van der Waals surface area (Å²) < 4.78 is 0. The molecule has 0 amide bonds. The van der Waals surface area contributed by atoms with Crippen LogP contribution in [0.2, 0.25) is 0 Å². The number of rotatable bonds is 4. The fourth-order valence-electron chi connectivity index (χ4n) is 2.35. The summed E-state index contributed by atoms with van der Waals surface area (Å²) in [7, 11) is 0. The van der Waals surface area contributed by atoms with E-state index in [9.17, 15) is 0 Å². The number of benzene rings is 1. The first-order valence-electron chi connectivity index (χ1n) is 6.62. The Kier molecular flexibility index (Phi) is 5.63. The van der Waals surface area contributed by atoms with Crippen molar-refractivity contribution in [3.63, 3.8) is 0 Å². The first-order chi connectivity index (χ1) is 9.24. The van der Waals surface area contributed by atoms with E-state index in [1.54, 1.807) is 11.8 Å². The largest absolute Gasteiger partial charge is 0.391 e. The predicted octanol–water partition coefficient (Wildman–Crippen LogP) is 0.277. The van der Waals surface area contributed by atoms with Crippen molar-refractivity contribution in [1.82, 2.24) is 4.90 Å². The van der Waals surface area contributed by atoms with Crippen LogP contribution < -0.4 is 4.90 Å². The van der Waals surface area contributed by atoms with Crippen LogP contribution in [0.3, 0.4) is 0 Å². The van der Waals surface area contributed by atoms with E-state index in [1.165, 1.54) is 9.80 Å². The number of aliphatic hydroxyl groups is 1. The highest BCUT2D eigenvalue weighted by Gasteiger charge is 2.21. The Hall–Kier alpha value is -0.620. The van der Waals surface area contributed by atoms with Gasteiger partial charge in [-0.15, -0.1) is 11.8 Å². The third kappa shape index (κ3) is 3.92. The SMILES string of the molecule is CSc1ccc(C(=S)N2CC[NH+](CCO)CC2)cc1. The first kappa shape index (κ1) is 14.8. The summed E-state index contributed by atoms with van der Waals surface area (Å²) >= 11 is 7.33. The summed E-state index contributed by atoms with van der Waals surface area (Å²) in [5.74, 6) is 0. The van der Waals surface area contributed by atoms with Crippen molar-refractivity contribution < 1.29 is 10.0 Å². The number of aliphatic hydroxyl groups excluding tert-OH is 1. The number of nitrogens with one attached hydrogen (secondary N) is 1. The van der Waals surface area contributed by atoms with E-state index in [2.05, 4.69) is 35.4 Å². The minimum Gasteiger partial charge on any atom is -0.391 e. The van der Waals surface area contributed by atoms with E-state index < -0.39 is 0 Å². The number of hydrogen-bond donors (Lipinski definition) is 2. The van der Waals surface area contributed by atoms with Gasteiger partial charge in [0.15, 0.2) is 0 Å². The number of quaternary nitrogens is 1. The summed E-state index contributed by atoms with van der Waals surface area (Å²) in [6.45, 7) is 5.21. The van der Waals surface area contributed by atoms with Crippen LogP contribution in [0.1, 0.15) is 5.56 Å². The number of nitrogens with zero attached hydrogens (tertiary/aromatic N) is 1. The average molecular weight is 297 g/mol. The van der Waals surface area contributed by atoms with Gasteiger partial charge in [-0.3, -0.25) is 0 Å². The van der Waals surface area contributed by atoms with E-state index in [-0.39, 0.29) is 6.61 Å². The van der Waals surface area contributed by atoms with Gasteiger partial charge < -0.3 is 14.9 Å². The topological polar surface area (TPSA) is 27.9 Å². The number of thioether (sulfide) groups is 1. The fourth-order valence-corrected chi connectivity index (χ4v) is 3.08. The lowest BCUT2D eigenvalue weighted by atomic mass is 10.2. The van der Waals surface area contributed by atoms with Gasteiger partial charge in [0.05, 0.1) is 32.8 Å². The summed E-state index contributed by atoms with van der Waals surface area (Å²) in [6.07, 6.45) is 2.08. The quantitative estimate of drug-likeness (QED) is 0.617. The van der Waals surface area contributed by atoms with Crippen molar-refractivity contribution >= 4 is 29.0 Å². The zero-order valence-electron chi connectivity index (χ0n) is 11.3. The molecule has 0 atom stereocenters. The van der Waals surface area contributed by atoms with E-state index >= 15 is 0 Å². The van der Waals surface area contributed by atoms with Crippen molar-refractivity contribution in [3.8, 4) is 0 Å². The van der Waals surface area contributed by atoms with Crippen molar-refractivity contribution in [2.45, 2.75) is 4.90 Å². The number of thiocarbonyl (C=S) groups is 1. The molecule has 3 nitrogen and oxygen atoms in total. The molecule has 0 saturated carbocycles. The Bertz CT molecular complexity index is 414. The summed E-state index contributed by atoms with van der Waals surface area (Å²) in [5, 5.41) is 8.96. The Morgan fingerprint density at radius 2 is 1.95 bits per heavy atom. The lowest BCUT2D eigenvalue weighted by molar-refractivity contribution is -0.904. The molecule has 1 aliphatic rings. The molecule has 0 aromatic heterocycles. The maximum Gasteiger partial charge on any atom is 0.109 e. The van der Waals surface area contributed by atoms with Crippen LogP contribution in [0.15, 0.2) is 29.2 Å². The molecule has 1 fully saturated rings. The minimum atomic E-state index is 0.274. The van der Waals surface area contributed by atoms with Crippen LogP contribution in [-0.2, 0) is 0 Å². The molecule has 1 heterocycles. The van der Waals surface area contributed by atoms with E-state index in [4.69, 9.17) is 17.3 Å². The highest BCUT2D eigenvalue weighted by molar-refractivity contribution is 7.98. The summed E-state index contributed by atoms with van der Waals surface area (Å²) in [5.41, 5.74) is 1.14. The van der Waals surface area contributed by atoms with Crippen LogP contribution in [0, 0.1) is 0 Å². The smallest absolute Gasteiger partial charge is 0.109 e. The van der Waals surface area contributed by atoms with Crippen LogP contribution in [0.5, 0.6) is 0 Å². The van der Waals surface area contributed by atoms with Crippen LogP contribution in [0.4, 0.5) is 0 Å². The van der Waals surface area contributed by atoms with E-state index in [0.717, 1.165) is 43.3 Å². The molecular formula is C14H21N2OS2+. The highest BCUT2D eigenvalue weighted by atomic mass is 32.2. The van der Waals surface area contributed by atoms with E-state index in [0.29, 0.717) is 0 Å². The van der Waals surface area contributed by atoms with Crippen molar-refractivity contribution in [3.05, 3.63) is 29.8 Å². The molecule has 1 aromatic rings. The number of piperazine rings is 1. The van der Waals surface area contributed by atoms with Gasteiger partial charge in [-0.05, 0) is 18.4 Å². The monoisotopic (exact) mass is 297 g/mol. The predicted molar refractivity (Wildman–Crippen MR) is 84.1 cm³/mol. The molecule has 0 unspecified atom stereocenters. The van der Waals surface area contributed by atoms with Gasteiger partial charge in [-0.2, -0.15) is 0 Å². The third-order valence-electron chi connectivity index (χ3n) is 3.56. The van der Waals surface area contributed by atoms with Crippen molar-refractivity contribution in [2.24, 2.45) is 0 Å². The molecule has 1 aromatic carbocycles. The first-order valence-corrected chi connectivity index (χ1v) is 8.25. The minimum absolute atomic E-state index is 0.274. The molecule has 2 rings (SSSR count). The standard InChI is InChI=1S/C14H20N2OS2/c1-19-13-4-2-12(3-5-13)14(18)16-8-6-15(7-9-16)10-11-17/h2-5,17H,6-11H2,1H3/p+1. The fraction of sp³-hybridized carbons (Fsp3) is 0.500. The Labute approximate surface area is 124 Å². The molecule has 1 aliphatic heterocycles. The summed E-state index contributed by atoms with van der Waals surface area (Å²) in [6, 6.07) is 8.47. The highest BCUT2D eigenvalue weighted by Crippen LogP contribution is 2.16. The molecule has 1 saturated heterocycles. The van der Waals surface area contributed by atoms with Crippen LogP contribution in [0.25, 0.3) is 0 Å². The molecule has 0 bridgehead atoms. The second kappa shape index (κ2) is 7.24. The maximum absolute atomic E-state index is 8.96. The third-order valence-corrected chi connectivity index (χ3v) is 4.80. The lowest BCUT2D eigenvalue weighted by Gasteiger charge is -2.33. The van der Waals surface area contributed by atoms with Crippen LogP contribution in [-0.4, -0.2) is 60.6 Å². The Balaban J connectivity index is 1.93. The Morgan fingerprint density at radius 3 is 2.47 bits per heavy atom. The molecule has 0 aliphatic carbocycles. The van der Waals surface area contributed by atoms with Gasteiger partial charge in [-0.1, -0.05) is 24.4 Å². The number of hydrogen-bond acceptors (Lipinski definition) is 3. The second-order valence-corrected chi connectivity index (χ2v) is 6.01.